The highest BCUT2D eigenvalue weighted by Crippen LogP contribution is 2.15. The predicted molar refractivity (Wildman–Crippen MR) is 141 cm³/mol. The molecule has 0 aliphatic carbocycles. The molecule has 0 aliphatic rings. The summed E-state index contributed by atoms with van der Waals surface area (Å²) in [5.74, 6) is 0. The first-order valence-corrected chi connectivity index (χ1v) is 14.0. The van der Waals surface area contributed by atoms with Gasteiger partial charge in [0.15, 0.2) is 0 Å². The summed E-state index contributed by atoms with van der Waals surface area (Å²) < 4.78 is 30.8. The van der Waals surface area contributed by atoms with E-state index in [1.165, 1.54) is 102 Å². The van der Waals surface area contributed by atoms with E-state index in [4.69, 9.17) is 4.55 Å². The van der Waals surface area contributed by atoms with Crippen LogP contribution in [0.5, 0.6) is 0 Å². The molecule has 0 aromatic heterocycles. The summed E-state index contributed by atoms with van der Waals surface area (Å²) >= 11 is 0. The highest BCUT2D eigenvalue weighted by Gasteiger charge is 2.14. The molecule has 33 heavy (non-hydrogen) atoms. The van der Waals surface area contributed by atoms with Crippen LogP contribution in [0.4, 0.5) is 0 Å². The van der Waals surface area contributed by atoms with Crippen molar-refractivity contribution in [3.8, 4) is 0 Å². The molecule has 4 N–H and O–H groups in total. The summed E-state index contributed by atoms with van der Waals surface area (Å²) in [6, 6.07) is 10.9. The smallest absolute Gasteiger partial charge is 0.344 e. The molecule has 1 rings (SSSR count). The van der Waals surface area contributed by atoms with E-state index in [1.54, 1.807) is 0 Å². The number of unbranched alkanes of at least 4 members (excludes halogenated alkanes) is 13. The largest absolute Gasteiger partial charge is 0.397 e. The summed E-state index contributed by atoms with van der Waals surface area (Å²) in [6.45, 7) is 4.75. The van der Waals surface area contributed by atoms with Crippen LogP contribution in [0.2, 0.25) is 0 Å². The van der Waals surface area contributed by atoms with E-state index in [9.17, 15) is 8.42 Å². The Bertz CT molecular complexity index is 637. The Morgan fingerprint density at radius 1 is 0.758 bits per heavy atom. The first kappa shape index (κ1) is 34.2. The van der Waals surface area contributed by atoms with Crippen LogP contribution < -0.4 is 6.15 Å². The summed E-state index contributed by atoms with van der Waals surface area (Å²) in [5, 5.41) is 0. The average Bonchev–Trinajstić information content (AvgIpc) is 2.74. The Morgan fingerprint density at radius 3 is 1.48 bits per heavy atom. The van der Waals surface area contributed by atoms with Crippen LogP contribution in [-0.4, -0.2) is 45.2 Å². The molecule has 0 radical (unpaired) electrons. The molecule has 0 atom stereocenters. The third-order valence-corrected chi connectivity index (χ3v) is 6.20. The van der Waals surface area contributed by atoms with E-state index in [-0.39, 0.29) is 6.15 Å². The first-order valence-electron chi connectivity index (χ1n) is 12.6. The molecule has 0 aliphatic heterocycles. The Balaban J connectivity index is 0. The fourth-order valence-corrected chi connectivity index (χ4v) is 3.89. The van der Waals surface area contributed by atoms with Gasteiger partial charge in [0.05, 0.1) is 27.7 Å². The molecule has 7 heteroatoms. The first-order chi connectivity index (χ1) is 15.2. The lowest BCUT2D eigenvalue weighted by molar-refractivity contribution is -0.903. The lowest BCUT2D eigenvalue weighted by Gasteiger charge is -2.30. The normalized spacial score (nSPS) is 11.4. The van der Waals surface area contributed by atoms with Crippen LogP contribution in [0, 0.1) is 0 Å². The standard InChI is InChI=1S/C25H46N.CH4O4S.H3N/c1-4-5-6-7-8-9-10-11-12-13-14-15-16-20-23-26(2,3)24-25-21-18-17-19-22-25;1-5-6(2,3)4;/h17-19,21-22H,4-16,20,23-24H2,1-3H3;1H3,(H,2,3,4);1H3/q+1;;. The van der Waals surface area contributed by atoms with Crippen molar-refractivity contribution in [2.24, 2.45) is 0 Å². The SMILES string of the molecule is CCCCCCCCCCCCCCCC[N+](C)(C)Cc1ccccc1.COS(=O)(=O)O.N. The molecule has 0 spiro atoms. The van der Waals surface area contributed by atoms with E-state index >= 15 is 0 Å². The van der Waals surface area contributed by atoms with Crippen molar-refractivity contribution in [3.63, 3.8) is 0 Å². The van der Waals surface area contributed by atoms with Crippen molar-refractivity contribution in [2.45, 2.75) is 103 Å². The van der Waals surface area contributed by atoms with Crippen LogP contribution in [-0.2, 0) is 21.1 Å². The molecule has 1 aromatic carbocycles. The number of quaternary nitrogens is 1. The van der Waals surface area contributed by atoms with E-state index in [0.717, 1.165) is 18.1 Å². The summed E-state index contributed by atoms with van der Waals surface area (Å²) in [5.41, 5.74) is 1.46. The molecule has 0 unspecified atom stereocenters. The maximum atomic E-state index is 9.33. The van der Waals surface area contributed by atoms with Crippen molar-refractivity contribution in [2.75, 3.05) is 27.7 Å². The van der Waals surface area contributed by atoms with Gasteiger partial charge in [0.2, 0.25) is 0 Å². The topological polar surface area (TPSA) is 98.6 Å². The lowest BCUT2D eigenvalue weighted by atomic mass is 10.0. The van der Waals surface area contributed by atoms with Crippen molar-refractivity contribution in [1.29, 1.82) is 0 Å². The van der Waals surface area contributed by atoms with Gasteiger partial charge in [-0.1, -0.05) is 114 Å². The Morgan fingerprint density at radius 2 is 1.12 bits per heavy atom. The van der Waals surface area contributed by atoms with Crippen molar-refractivity contribution in [1.82, 2.24) is 6.15 Å². The molecule has 0 heterocycles. The van der Waals surface area contributed by atoms with Crippen LogP contribution in [0.1, 0.15) is 102 Å². The molecule has 196 valence electrons. The second-order valence-corrected chi connectivity index (χ2v) is 10.7. The highest BCUT2D eigenvalue weighted by molar-refractivity contribution is 7.80. The van der Waals surface area contributed by atoms with Crippen LogP contribution in [0.3, 0.4) is 0 Å². The van der Waals surface area contributed by atoms with Gasteiger partial charge in [0.25, 0.3) is 0 Å². The molecular formula is C26H53N2O4S+. The van der Waals surface area contributed by atoms with Gasteiger partial charge in [-0.2, -0.15) is 8.42 Å². The molecule has 0 amide bonds. The fourth-order valence-electron chi connectivity index (χ4n) is 3.89. The number of rotatable bonds is 18. The predicted octanol–water partition coefficient (Wildman–Crippen LogP) is 7.34. The van der Waals surface area contributed by atoms with Crippen molar-refractivity contribution < 1.29 is 21.6 Å². The maximum absolute atomic E-state index is 9.33. The third kappa shape index (κ3) is 25.5. The molecule has 0 fully saturated rings. The van der Waals surface area contributed by atoms with Gasteiger partial charge < -0.3 is 10.6 Å². The highest BCUT2D eigenvalue weighted by atomic mass is 32.3. The van der Waals surface area contributed by atoms with Gasteiger partial charge in [0, 0.05) is 5.56 Å². The Hall–Kier alpha value is -0.990. The van der Waals surface area contributed by atoms with E-state index in [0.29, 0.717) is 0 Å². The minimum Gasteiger partial charge on any atom is -0.344 e. The Labute approximate surface area is 205 Å². The van der Waals surface area contributed by atoms with Gasteiger partial charge in [0.1, 0.15) is 6.54 Å². The van der Waals surface area contributed by atoms with Gasteiger partial charge in [-0.15, -0.1) is 0 Å². The van der Waals surface area contributed by atoms with Crippen molar-refractivity contribution >= 4 is 10.4 Å². The second kappa shape index (κ2) is 21.5. The van der Waals surface area contributed by atoms with E-state index in [2.05, 4.69) is 55.5 Å². The maximum Gasteiger partial charge on any atom is 0.397 e. The molecule has 0 saturated carbocycles. The molecular weight excluding hydrogens is 436 g/mol. The monoisotopic (exact) mass is 489 g/mol. The van der Waals surface area contributed by atoms with Crippen LogP contribution >= 0.6 is 0 Å². The molecule has 6 nitrogen and oxygen atoms in total. The quantitative estimate of drug-likeness (QED) is 0.128. The second-order valence-electron chi connectivity index (χ2n) is 9.49. The average molecular weight is 490 g/mol. The van der Waals surface area contributed by atoms with E-state index < -0.39 is 10.4 Å². The fraction of sp³-hybridized carbons (Fsp3) is 0.769. The minimum atomic E-state index is -4.16. The summed E-state index contributed by atoms with van der Waals surface area (Å²) in [7, 11) is 1.45. The van der Waals surface area contributed by atoms with Crippen LogP contribution in [0.15, 0.2) is 30.3 Å². The zero-order valence-corrected chi connectivity index (χ0v) is 22.8. The molecule has 0 bridgehead atoms. The molecule has 0 saturated heterocycles. The number of nitrogens with zero attached hydrogens (tertiary/aromatic N) is 1. The van der Waals surface area contributed by atoms with Crippen LogP contribution in [0.25, 0.3) is 0 Å². The van der Waals surface area contributed by atoms with E-state index in [1.807, 2.05) is 0 Å². The van der Waals surface area contributed by atoms with Gasteiger partial charge >= 0.3 is 10.4 Å². The lowest BCUT2D eigenvalue weighted by Crippen LogP contribution is -2.39. The number of hydrogen-bond donors (Lipinski definition) is 2. The number of hydrogen-bond acceptors (Lipinski definition) is 4. The van der Waals surface area contributed by atoms with Crippen molar-refractivity contribution in [3.05, 3.63) is 35.9 Å². The van der Waals surface area contributed by atoms with Gasteiger partial charge in [-0.3, -0.25) is 8.74 Å². The zero-order chi connectivity index (χ0) is 24.1. The molecule has 1 aromatic rings. The third-order valence-electron chi connectivity index (χ3n) is 5.78. The van der Waals surface area contributed by atoms with Gasteiger partial charge in [-0.25, -0.2) is 0 Å². The number of benzene rings is 1. The Kier molecular flexibility index (Phi) is 22.3. The minimum absolute atomic E-state index is 0. The summed E-state index contributed by atoms with van der Waals surface area (Å²) in [4.78, 5) is 0. The van der Waals surface area contributed by atoms with Gasteiger partial charge in [-0.05, 0) is 12.8 Å². The zero-order valence-electron chi connectivity index (χ0n) is 21.9. The summed E-state index contributed by atoms with van der Waals surface area (Å²) in [6.07, 6.45) is 20.2.